The van der Waals surface area contributed by atoms with Crippen LogP contribution in [0.25, 0.3) is 0 Å². The predicted octanol–water partition coefficient (Wildman–Crippen LogP) is 3.19. The molecule has 0 atom stereocenters. The van der Waals surface area contributed by atoms with Gasteiger partial charge in [-0.2, -0.15) is 5.26 Å². The molecule has 0 aliphatic carbocycles. The average molecular weight is 257 g/mol. The van der Waals surface area contributed by atoms with Crippen molar-refractivity contribution < 1.29 is 19.0 Å². The molecule has 0 aromatic heterocycles. The van der Waals surface area contributed by atoms with Gasteiger partial charge in [0.05, 0.1) is 11.6 Å². The van der Waals surface area contributed by atoms with E-state index in [0.29, 0.717) is 11.3 Å². The summed E-state index contributed by atoms with van der Waals surface area (Å²) >= 11 is 0. The third-order valence-electron chi connectivity index (χ3n) is 2.40. The molecule has 4 nitrogen and oxygen atoms in total. The van der Waals surface area contributed by atoms with Crippen molar-refractivity contribution in [1.29, 1.82) is 5.26 Å². The number of nitriles is 1. The number of aromatic carboxylic acids is 1. The van der Waals surface area contributed by atoms with Crippen LogP contribution in [-0.2, 0) is 0 Å². The molecule has 19 heavy (non-hydrogen) atoms. The van der Waals surface area contributed by atoms with Gasteiger partial charge in [0.2, 0.25) is 0 Å². The molecule has 0 saturated heterocycles. The average Bonchev–Trinajstić information content (AvgIpc) is 2.39. The van der Waals surface area contributed by atoms with Crippen molar-refractivity contribution in [2.24, 2.45) is 0 Å². The highest BCUT2D eigenvalue weighted by atomic mass is 19.1. The fourth-order valence-electron chi connectivity index (χ4n) is 1.52. The second kappa shape index (κ2) is 5.19. The van der Waals surface area contributed by atoms with Crippen LogP contribution in [0.4, 0.5) is 4.39 Å². The Morgan fingerprint density at radius 3 is 2.47 bits per heavy atom. The number of carboxylic acids is 1. The Hall–Kier alpha value is -2.87. The van der Waals surface area contributed by atoms with Gasteiger partial charge in [0.15, 0.2) is 0 Å². The van der Waals surface area contributed by atoms with Crippen LogP contribution in [0.5, 0.6) is 11.5 Å². The van der Waals surface area contributed by atoms with Crippen molar-refractivity contribution in [3.63, 3.8) is 0 Å². The third kappa shape index (κ3) is 2.69. The molecule has 1 N–H and O–H groups in total. The molecule has 0 saturated carbocycles. The Morgan fingerprint density at radius 1 is 1.21 bits per heavy atom. The van der Waals surface area contributed by atoms with Gasteiger partial charge < -0.3 is 9.84 Å². The summed E-state index contributed by atoms with van der Waals surface area (Å²) in [5.74, 6) is -2.02. The molecule has 94 valence electrons. The molecule has 2 aromatic carbocycles. The van der Waals surface area contributed by atoms with E-state index in [4.69, 9.17) is 15.1 Å². The van der Waals surface area contributed by atoms with E-state index in [9.17, 15) is 9.18 Å². The van der Waals surface area contributed by atoms with Gasteiger partial charge in [0.1, 0.15) is 22.9 Å². The molecular weight excluding hydrogens is 249 g/mol. The SMILES string of the molecule is N#Cc1ccc(Oc2cccc(F)c2C(=O)O)cc1. The molecule has 2 rings (SSSR count). The largest absolute Gasteiger partial charge is 0.477 e. The zero-order valence-electron chi connectivity index (χ0n) is 9.63. The predicted molar refractivity (Wildman–Crippen MR) is 64.6 cm³/mol. The van der Waals surface area contributed by atoms with E-state index in [2.05, 4.69) is 0 Å². The minimum absolute atomic E-state index is 0.0859. The summed E-state index contributed by atoms with van der Waals surface area (Å²) in [5.41, 5.74) is -0.0723. The van der Waals surface area contributed by atoms with E-state index in [-0.39, 0.29) is 5.75 Å². The van der Waals surface area contributed by atoms with Gasteiger partial charge in [0, 0.05) is 0 Å². The van der Waals surface area contributed by atoms with E-state index >= 15 is 0 Å². The lowest BCUT2D eigenvalue weighted by atomic mass is 10.2. The van der Waals surface area contributed by atoms with Crippen LogP contribution in [-0.4, -0.2) is 11.1 Å². The first-order valence-corrected chi connectivity index (χ1v) is 5.31. The minimum Gasteiger partial charge on any atom is -0.477 e. The topological polar surface area (TPSA) is 70.3 Å². The fourth-order valence-corrected chi connectivity index (χ4v) is 1.52. The fraction of sp³-hybridized carbons (Fsp3) is 0. The molecule has 0 bridgehead atoms. The zero-order valence-corrected chi connectivity index (χ0v) is 9.63. The molecule has 0 unspecified atom stereocenters. The molecule has 0 radical (unpaired) electrons. The maximum Gasteiger partial charge on any atom is 0.342 e. The number of ether oxygens (including phenoxy) is 1. The third-order valence-corrected chi connectivity index (χ3v) is 2.40. The number of carboxylic acid groups (broad SMARTS) is 1. The van der Waals surface area contributed by atoms with Crippen LogP contribution >= 0.6 is 0 Å². The molecule has 5 heteroatoms. The number of nitrogens with zero attached hydrogens (tertiary/aromatic N) is 1. The Bertz CT molecular complexity index is 659. The molecule has 2 aromatic rings. The van der Waals surface area contributed by atoms with Crippen LogP contribution in [0.15, 0.2) is 42.5 Å². The zero-order chi connectivity index (χ0) is 13.8. The summed E-state index contributed by atoms with van der Waals surface area (Å²) in [6.07, 6.45) is 0. The first-order chi connectivity index (χ1) is 9.11. The number of halogens is 1. The van der Waals surface area contributed by atoms with E-state index in [1.807, 2.05) is 6.07 Å². The summed E-state index contributed by atoms with van der Waals surface area (Å²) in [5, 5.41) is 17.6. The standard InChI is InChI=1S/C14H8FNO3/c15-11-2-1-3-12(13(11)14(17)18)19-10-6-4-9(8-16)5-7-10/h1-7H,(H,17,18). The van der Waals surface area contributed by atoms with Crippen LogP contribution in [0.2, 0.25) is 0 Å². The van der Waals surface area contributed by atoms with Crippen molar-refractivity contribution in [1.82, 2.24) is 0 Å². The second-order valence-electron chi connectivity index (χ2n) is 3.66. The summed E-state index contributed by atoms with van der Waals surface area (Å²) < 4.78 is 18.7. The first-order valence-electron chi connectivity index (χ1n) is 5.31. The van der Waals surface area contributed by atoms with Gasteiger partial charge >= 0.3 is 5.97 Å². The van der Waals surface area contributed by atoms with E-state index in [1.54, 1.807) is 0 Å². The van der Waals surface area contributed by atoms with Gasteiger partial charge in [-0.05, 0) is 36.4 Å². The van der Waals surface area contributed by atoms with Crippen LogP contribution < -0.4 is 4.74 Å². The highest BCUT2D eigenvalue weighted by molar-refractivity contribution is 5.91. The van der Waals surface area contributed by atoms with Crippen molar-refractivity contribution in [2.75, 3.05) is 0 Å². The molecule has 0 fully saturated rings. The molecule has 0 heterocycles. The van der Waals surface area contributed by atoms with Crippen molar-refractivity contribution in [3.8, 4) is 17.6 Å². The summed E-state index contributed by atoms with van der Waals surface area (Å²) in [4.78, 5) is 11.0. The quantitative estimate of drug-likeness (QED) is 0.916. The van der Waals surface area contributed by atoms with Gasteiger partial charge in [-0.3, -0.25) is 0 Å². The summed E-state index contributed by atoms with van der Waals surface area (Å²) in [6, 6.07) is 11.8. The highest BCUT2D eigenvalue weighted by Crippen LogP contribution is 2.27. The van der Waals surface area contributed by atoms with Gasteiger partial charge in [0.25, 0.3) is 0 Å². The normalized spacial score (nSPS) is 9.68. The van der Waals surface area contributed by atoms with Crippen LogP contribution in [0.1, 0.15) is 15.9 Å². The van der Waals surface area contributed by atoms with E-state index in [1.165, 1.54) is 36.4 Å². The molecule has 0 amide bonds. The maximum absolute atomic E-state index is 13.4. The molecular formula is C14H8FNO3. The van der Waals surface area contributed by atoms with Crippen molar-refractivity contribution in [3.05, 3.63) is 59.4 Å². The lowest BCUT2D eigenvalue weighted by Crippen LogP contribution is -2.03. The monoisotopic (exact) mass is 257 g/mol. The van der Waals surface area contributed by atoms with E-state index in [0.717, 1.165) is 6.07 Å². The number of hydrogen-bond acceptors (Lipinski definition) is 3. The van der Waals surface area contributed by atoms with E-state index < -0.39 is 17.3 Å². The lowest BCUT2D eigenvalue weighted by molar-refractivity contribution is 0.0689. The molecule has 0 aliphatic heterocycles. The number of hydrogen-bond donors (Lipinski definition) is 1. The van der Waals surface area contributed by atoms with Gasteiger partial charge in [-0.1, -0.05) is 6.07 Å². The minimum atomic E-state index is -1.40. The highest BCUT2D eigenvalue weighted by Gasteiger charge is 2.17. The lowest BCUT2D eigenvalue weighted by Gasteiger charge is -2.09. The Morgan fingerprint density at radius 2 is 1.89 bits per heavy atom. The Kier molecular flexibility index (Phi) is 3.44. The number of rotatable bonds is 3. The van der Waals surface area contributed by atoms with Gasteiger partial charge in [-0.15, -0.1) is 0 Å². The Labute approximate surface area is 108 Å². The molecule has 0 spiro atoms. The first kappa shape index (κ1) is 12.6. The second-order valence-corrected chi connectivity index (χ2v) is 3.66. The number of carbonyl (C=O) groups is 1. The Balaban J connectivity index is 2.35. The van der Waals surface area contributed by atoms with Crippen LogP contribution in [0, 0.1) is 17.1 Å². The van der Waals surface area contributed by atoms with Gasteiger partial charge in [-0.25, -0.2) is 9.18 Å². The smallest absolute Gasteiger partial charge is 0.342 e. The number of benzene rings is 2. The molecule has 0 aliphatic rings. The van der Waals surface area contributed by atoms with Crippen molar-refractivity contribution in [2.45, 2.75) is 0 Å². The summed E-state index contributed by atoms with van der Waals surface area (Å²) in [7, 11) is 0. The maximum atomic E-state index is 13.4. The summed E-state index contributed by atoms with van der Waals surface area (Å²) in [6.45, 7) is 0. The van der Waals surface area contributed by atoms with Crippen LogP contribution in [0.3, 0.4) is 0 Å². The van der Waals surface area contributed by atoms with Crippen molar-refractivity contribution >= 4 is 5.97 Å².